The molecule has 0 spiro atoms. The van der Waals surface area contributed by atoms with Gasteiger partial charge in [0, 0.05) is 53.9 Å². The van der Waals surface area contributed by atoms with Crippen molar-refractivity contribution in [1.82, 2.24) is 9.29 Å². The first-order chi connectivity index (χ1) is 12.5. The lowest BCUT2D eigenvalue weighted by Gasteiger charge is -2.35. The van der Waals surface area contributed by atoms with Crippen LogP contribution in [-0.4, -0.2) is 43.9 Å². The van der Waals surface area contributed by atoms with E-state index in [9.17, 15) is 8.42 Å². The second-order valence-corrected chi connectivity index (χ2v) is 10.1. The second-order valence-electron chi connectivity index (χ2n) is 6.18. The number of benzene rings is 1. The van der Waals surface area contributed by atoms with Gasteiger partial charge in [0.2, 0.25) is 0 Å². The summed E-state index contributed by atoms with van der Waals surface area (Å²) in [6.07, 6.45) is 0. The number of hydrogen-bond donors (Lipinski definition) is 0. The normalized spacial score (nSPS) is 16.1. The molecule has 0 amide bonds. The summed E-state index contributed by atoms with van der Waals surface area (Å²) < 4.78 is 28.0. The Morgan fingerprint density at radius 1 is 1.00 bits per heavy atom. The van der Waals surface area contributed by atoms with Gasteiger partial charge in [0.05, 0.1) is 0 Å². The van der Waals surface area contributed by atoms with Crippen LogP contribution in [-0.2, 0) is 10.0 Å². The Morgan fingerprint density at radius 3 is 2.38 bits per heavy atom. The molecule has 136 valence electrons. The fraction of sp³-hybridized carbons (Fsp3) is 0.278. The molecule has 0 N–H and O–H groups in total. The van der Waals surface area contributed by atoms with Gasteiger partial charge < -0.3 is 4.90 Å². The summed E-state index contributed by atoms with van der Waals surface area (Å²) in [5.41, 5.74) is 2.98. The number of sulfonamides is 1. The number of nitrogens with zero attached hydrogens (tertiary/aromatic N) is 3. The molecular weight excluding hydrogens is 386 g/mol. The molecule has 2 aromatic heterocycles. The maximum Gasteiger partial charge on any atom is 0.252 e. The van der Waals surface area contributed by atoms with Crippen LogP contribution in [0.15, 0.2) is 51.4 Å². The average Bonchev–Trinajstić information content (AvgIpc) is 3.32. The molecular formula is C18H19N3O2S3. The van der Waals surface area contributed by atoms with Crippen molar-refractivity contribution in [3.8, 4) is 10.6 Å². The maximum absolute atomic E-state index is 13.0. The minimum Gasteiger partial charge on any atom is -0.369 e. The predicted molar refractivity (Wildman–Crippen MR) is 108 cm³/mol. The van der Waals surface area contributed by atoms with Gasteiger partial charge in [0.1, 0.15) is 9.22 Å². The van der Waals surface area contributed by atoms with Crippen molar-refractivity contribution in [2.75, 3.05) is 31.1 Å². The van der Waals surface area contributed by atoms with Crippen LogP contribution in [0, 0.1) is 6.92 Å². The van der Waals surface area contributed by atoms with Crippen molar-refractivity contribution < 1.29 is 8.42 Å². The van der Waals surface area contributed by atoms with Gasteiger partial charge in [-0.25, -0.2) is 13.4 Å². The van der Waals surface area contributed by atoms with Crippen molar-refractivity contribution in [3.63, 3.8) is 0 Å². The summed E-state index contributed by atoms with van der Waals surface area (Å²) in [4.78, 5) is 6.67. The summed E-state index contributed by atoms with van der Waals surface area (Å²) >= 11 is 2.82. The summed E-state index contributed by atoms with van der Waals surface area (Å²) in [5.74, 6) is 0. The molecule has 1 fully saturated rings. The van der Waals surface area contributed by atoms with Crippen LogP contribution in [0.4, 0.5) is 5.69 Å². The van der Waals surface area contributed by atoms with Crippen LogP contribution in [0.3, 0.4) is 0 Å². The van der Waals surface area contributed by atoms with Gasteiger partial charge >= 0.3 is 0 Å². The Labute approximate surface area is 161 Å². The Hall–Kier alpha value is -1.74. The lowest BCUT2D eigenvalue weighted by molar-refractivity contribution is 0.386. The standard InChI is InChI=1S/C18H19N3O2S3/c1-14-12-25-18(19-14)15-11-17(24-13-15)26(22,23)21-9-7-20(8-10-21)16-5-3-2-4-6-16/h2-6,11-13H,7-10H2,1H3. The topological polar surface area (TPSA) is 53.5 Å². The lowest BCUT2D eigenvalue weighted by Crippen LogP contribution is -2.48. The minimum atomic E-state index is -3.45. The molecule has 0 atom stereocenters. The number of hydrogen-bond acceptors (Lipinski definition) is 6. The summed E-state index contributed by atoms with van der Waals surface area (Å²) in [6, 6.07) is 11.9. The third-order valence-electron chi connectivity index (χ3n) is 4.40. The molecule has 1 saturated heterocycles. The molecule has 0 unspecified atom stereocenters. The van der Waals surface area contributed by atoms with E-state index in [4.69, 9.17) is 0 Å². The second kappa shape index (κ2) is 7.11. The smallest absolute Gasteiger partial charge is 0.252 e. The molecule has 0 bridgehead atoms. The molecule has 0 radical (unpaired) electrons. The number of rotatable bonds is 4. The molecule has 0 aliphatic carbocycles. The van der Waals surface area contributed by atoms with Gasteiger partial charge in [0.15, 0.2) is 0 Å². The van der Waals surface area contributed by atoms with E-state index < -0.39 is 10.0 Å². The zero-order valence-corrected chi connectivity index (χ0v) is 16.8. The third kappa shape index (κ3) is 3.42. The molecule has 1 aliphatic heterocycles. The number of anilines is 1. The van der Waals surface area contributed by atoms with E-state index in [0.29, 0.717) is 30.4 Å². The lowest BCUT2D eigenvalue weighted by atomic mass is 10.2. The van der Waals surface area contributed by atoms with E-state index in [1.54, 1.807) is 21.7 Å². The highest BCUT2D eigenvalue weighted by Crippen LogP contribution is 2.32. The van der Waals surface area contributed by atoms with Crippen molar-refractivity contribution in [3.05, 3.63) is 52.9 Å². The van der Waals surface area contributed by atoms with Crippen LogP contribution < -0.4 is 4.90 Å². The first kappa shape index (κ1) is 17.7. The summed E-state index contributed by atoms with van der Waals surface area (Å²) in [5, 5.41) is 4.73. The van der Waals surface area contributed by atoms with Crippen LogP contribution >= 0.6 is 22.7 Å². The van der Waals surface area contributed by atoms with Gasteiger partial charge in [-0.3, -0.25) is 0 Å². The molecule has 1 aliphatic rings. The van der Waals surface area contributed by atoms with E-state index in [1.165, 1.54) is 11.3 Å². The quantitative estimate of drug-likeness (QED) is 0.664. The Kier molecular flexibility index (Phi) is 4.83. The Morgan fingerprint density at radius 2 is 1.73 bits per heavy atom. The Bertz CT molecular complexity index is 988. The fourth-order valence-electron chi connectivity index (χ4n) is 3.00. The fourth-order valence-corrected chi connectivity index (χ4v) is 6.60. The largest absolute Gasteiger partial charge is 0.369 e. The number of piperazine rings is 1. The van der Waals surface area contributed by atoms with Gasteiger partial charge in [-0.15, -0.1) is 22.7 Å². The molecule has 3 aromatic rings. The van der Waals surface area contributed by atoms with Crippen molar-refractivity contribution in [1.29, 1.82) is 0 Å². The van der Waals surface area contributed by atoms with E-state index in [0.717, 1.165) is 22.0 Å². The van der Waals surface area contributed by atoms with E-state index in [2.05, 4.69) is 22.0 Å². The summed E-state index contributed by atoms with van der Waals surface area (Å²) in [6.45, 7) is 4.35. The number of aromatic nitrogens is 1. The van der Waals surface area contributed by atoms with Gasteiger partial charge in [-0.2, -0.15) is 4.31 Å². The number of aryl methyl sites for hydroxylation is 1. The average molecular weight is 406 g/mol. The van der Waals surface area contributed by atoms with Crippen LogP contribution in [0.25, 0.3) is 10.6 Å². The summed E-state index contributed by atoms with van der Waals surface area (Å²) in [7, 11) is -3.45. The van der Waals surface area contributed by atoms with Gasteiger partial charge in [-0.05, 0) is 25.1 Å². The highest BCUT2D eigenvalue weighted by Gasteiger charge is 2.30. The van der Waals surface area contributed by atoms with Gasteiger partial charge in [0.25, 0.3) is 10.0 Å². The highest BCUT2D eigenvalue weighted by atomic mass is 32.2. The first-order valence-electron chi connectivity index (χ1n) is 8.35. The maximum atomic E-state index is 13.0. The number of thiophene rings is 1. The van der Waals surface area contributed by atoms with Crippen molar-refractivity contribution >= 4 is 38.4 Å². The van der Waals surface area contributed by atoms with Crippen molar-refractivity contribution in [2.24, 2.45) is 0 Å². The van der Waals surface area contributed by atoms with Crippen molar-refractivity contribution in [2.45, 2.75) is 11.1 Å². The molecule has 0 saturated carbocycles. The Balaban J connectivity index is 1.49. The molecule has 8 heteroatoms. The molecule has 4 rings (SSSR count). The molecule has 5 nitrogen and oxygen atoms in total. The monoisotopic (exact) mass is 405 g/mol. The third-order valence-corrected chi connectivity index (χ3v) is 8.72. The van der Waals surface area contributed by atoms with Gasteiger partial charge in [-0.1, -0.05) is 18.2 Å². The van der Waals surface area contributed by atoms with E-state index in [-0.39, 0.29) is 0 Å². The number of para-hydroxylation sites is 1. The molecule has 26 heavy (non-hydrogen) atoms. The van der Waals surface area contributed by atoms with E-state index >= 15 is 0 Å². The number of thiazole rings is 1. The van der Waals surface area contributed by atoms with Crippen LogP contribution in [0.2, 0.25) is 0 Å². The van der Waals surface area contributed by atoms with E-state index in [1.807, 2.05) is 35.9 Å². The zero-order valence-electron chi connectivity index (χ0n) is 14.3. The zero-order chi connectivity index (χ0) is 18.1. The SMILES string of the molecule is Cc1csc(-c2csc(S(=O)(=O)N3CCN(c4ccccc4)CC3)c2)n1. The highest BCUT2D eigenvalue weighted by molar-refractivity contribution is 7.91. The predicted octanol–water partition coefficient (Wildman–Crippen LogP) is 3.69. The molecule has 3 heterocycles. The first-order valence-corrected chi connectivity index (χ1v) is 11.6. The van der Waals surface area contributed by atoms with Crippen LogP contribution in [0.1, 0.15) is 5.69 Å². The molecule has 1 aromatic carbocycles. The van der Waals surface area contributed by atoms with Crippen LogP contribution in [0.5, 0.6) is 0 Å². The minimum absolute atomic E-state index is 0.397.